The van der Waals surface area contributed by atoms with E-state index in [9.17, 15) is 9.18 Å². The van der Waals surface area contributed by atoms with Crippen molar-refractivity contribution in [1.29, 1.82) is 0 Å². The SMILES string of the molecule is O=C(Nc1nc(-c2nccc3ccccc23)cs1)c1cnnn1-c1cccc(F)c1. The lowest BCUT2D eigenvalue weighted by molar-refractivity contribution is 0.101. The Morgan fingerprint density at radius 2 is 2.00 bits per heavy atom. The molecule has 5 aromatic rings. The van der Waals surface area contributed by atoms with Crippen LogP contribution >= 0.6 is 11.3 Å². The van der Waals surface area contributed by atoms with Crippen LogP contribution in [0.1, 0.15) is 10.5 Å². The smallest absolute Gasteiger partial charge is 0.277 e. The Morgan fingerprint density at radius 3 is 2.90 bits per heavy atom. The van der Waals surface area contributed by atoms with Crippen molar-refractivity contribution in [3.63, 3.8) is 0 Å². The van der Waals surface area contributed by atoms with Crippen LogP contribution in [-0.2, 0) is 0 Å². The number of halogens is 1. The van der Waals surface area contributed by atoms with Crippen molar-refractivity contribution < 1.29 is 9.18 Å². The number of nitrogens with zero attached hydrogens (tertiary/aromatic N) is 5. The monoisotopic (exact) mass is 416 g/mol. The standard InChI is InChI=1S/C21H13FN6OS/c22-14-5-3-6-15(10-14)28-18(11-24-27-28)20(29)26-21-25-17(12-30-21)19-16-7-2-1-4-13(16)8-9-23-19/h1-12H,(H,25,26,29). The van der Waals surface area contributed by atoms with Crippen LogP contribution in [0.4, 0.5) is 9.52 Å². The second-order valence-corrected chi connectivity index (χ2v) is 7.24. The third-order valence-corrected chi connectivity index (χ3v) is 5.23. The van der Waals surface area contributed by atoms with Crippen molar-refractivity contribution in [2.24, 2.45) is 0 Å². The van der Waals surface area contributed by atoms with E-state index in [-0.39, 0.29) is 5.69 Å². The minimum absolute atomic E-state index is 0.167. The van der Waals surface area contributed by atoms with E-state index < -0.39 is 11.7 Å². The predicted octanol–water partition coefficient (Wildman–Crippen LogP) is 4.33. The van der Waals surface area contributed by atoms with Gasteiger partial charge in [-0.15, -0.1) is 16.4 Å². The minimum atomic E-state index is -0.448. The summed E-state index contributed by atoms with van der Waals surface area (Å²) < 4.78 is 14.8. The fourth-order valence-electron chi connectivity index (χ4n) is 3.11. The van der Waals surface area contributed by atoms with E-state index in [0.717, 1.165) is 16.5 Å². The fraction of sp³-hybridized carbons (Fsp3) is 0. The van der Waals surface area contributed by atoms with Crippen molar-refractivity contribution in [1.82, 2.24) is 25.0 Å². The molecule has 9 heteroatoms. The number of thiazole rings is 1. The molecule has 0 fully saturated rings. The number of hydrogen-bond acceptors (Lipinski definition) is 6. The van der Waals surface area contributed by atoms with Gasteiger partial charge in [0.2, 0.25) is 0 Å². The van der Waals surface area contributed by atoms with Gasteiger partial charge in [0.25, 0.3) is 5.91 Å². The molecule has 3 aromatic heterocycles. The highest BCUT2D eigenvalue weighted by molar-refractivity contribution is 7.14. The summed E-state index contributed by atoms with van der Waals surface area (Å²) in [6.45, 7) is 0. The lowest BCUT2D eigenvalue weighted by Crippen LogP contribution is -2.17. The Kier molecular flexibility index (Phi) is 4.49. The maximum Gasteiger partial charge on any atom is 0.277 e. The number of carbonyl (C=O) groups excluding carboxylic acids is 1. The largest absolute Gasteiger partial charge is 0.296 e. The Hall–Kier alpha value is -3.98. The number of benzene rings is 2. The lowest BCUT2D eigenvalue weighted by atomic mass is 10.1. The first-order chi connectivity index (χ1) is 14.7. The zero-order chi connectivity index (χ0) is 20.5. The molecule has 2 aromatic carbocycles. The van der Waals surface area contributed by atoms with Crippen LogP contribution in [0.5, 0.6) is 0 Å². The topological polar surface area (TPSA) is 85.6 Å². The average Bonchev–Trinajstić information content (AvgIpc) is 3.43. The molecule has 0 bridgehead atoms. The third kappa shape index (κ3) is 3.31. The Balaban J connectivity index is 1.43. The number of fused-ring (bicyclic) bond motifs is 1. The number of carbonyl (C=O) groups is 1. The minimum Gasteiger partial charge on any atom is -0.296 e. The van der Waals surface area contributed by atoms with Gasteiger partial charge < -0.3 is 0 Å². The van der Waals surface area contributed by atoms with Gasteiger partial charge in [0.15, 0.2) is 10.8 Å². The molecular formula is C21H13FN6OS. The van der Waals surface area contributed by atoms with Gasteiger partial charge >= 0.3 is 0 Å². The van der Waals surface area contributed by atoms with Gasteiger partial charge in [0.1, 0.15) is 11.5 Å². The van der Waals surface area contributed by atoms with Crippen LogP contribution in [0.2, 0.25) is 0 Å². The van der Waals surface area contributed by atoms with Crippen molar-refractivity contribution in [3.8, 4) is 17.1 Å². The van der Waals surface area contributed by atoms with E-state index in [1.54, 1.807) is 12.3 Å². The van der Waals surface area contributed by atoms with Crippen LogP contribution in [0.15, 0.2) is 72.4 Å². The number of rotatable bonds is 4. The molecule has 0 radical (unpaired) electrons. The average molecular weight is 416 g/mol. The summed E-state index contributed by atoms with van der Waals surface area (Å²) in [6.07, 6.45) is 3.06. The highest BCUT2D eigenvalue weighted by Gasteiger charge is 2.17. The maximum atomic E-state index is 13.5. The van der Waals surface area contributed by atoms with Crippen LogP contribution in [0.25, 0.3) is 27.8 Å². The van der Waals surface area contributed by atoms with Gasteiger partial charge in [0.05, 0.1) is 17.6 Å². The summed E-state index contributed by atoms with van der Waals surface area (Å²) in [7, 11) is 0. The van der Waals surface area contributed by atoms with E-state index in [1.165, 1.54) is 40.4 Å². The molecule has 5 rings (SSSR count). The first kappa shape index (κ1) is 18.1. The van der Waals surface area contributed by atoms with Gasteiger partial charge in [-0.25, -0.2) is 14.1 Å². The molecule has 146 valence electrons. The number of aromatic nitrogens is 5. The number of amides is 1. The number of nitrogens with one attached hydrogen (secondary N) is 1. The van der Waals surface area contributed by atoms with Gasteiger partial charge in [-0.2, -0.15) is 0 Å². The molecule has 7 nitrogen and oxygen atoms in total. The van der Waals surface area contributed by atoms with Crippen LogP contribution < -0.4 is 5.32 Å². The van der Waals surface area contributed by atoms with Crippen molar-refractivity contribution in [2.45, 2.75) is 0 Å². The second kappa shape index (κ2) is 7.45. The van der Waals surface area contributed by atoms with Crippen LogP contribution in [0.3, 0.4) is 0 Å². The third-order valence-electron chi connectivity index (χ3n) is 4.48. The summed E-state index contributed by atoms with van der Waals surface area (Å²) in [6, 6.07) is 15.6. The van der Waals surface area contributed by atoms with Crippen molar-refractivity contribution in [3.05, 3.63) is 83.9 Å². The molecule has 0 aliphatic heterocycles. The highest BCUT2D eigenvalue weighted by atomic mass is 32.1. The van der Waals surface area contributed by atoms with E-state index in [2.05, 4.69) is 25.6 Å². The molecule has 0 spiro atoms. The number of anilines is 1. The van der Waals surface area contributed by atoms with Gasteiger partial charge in [0, 0.05) is 17.0 Å². The molecule has 0 unspecified atom stereocenters. The van der Waals surface area contributed by atoms with E-state index >= 15 is 0 Å². The van der Waals surface area contributed by atoms with E-state index in [1.807, 2.05) is 35.7 Å². The summed E-state index contributed by atoms with van der Waals surface area (Å²) >= 11 is 1.29. The summed E-state index contributed by atoms with van der Waals surface area (Å²) in [4.78, 5) is 21.7. The molecular weight excluding hydrogens is 403 g/mol. The van der Waals surface area contributed by atoms with Gasteiger partial charge in [-0.3, -0.25) is 15.1 Å². The quantitative estimate of drug-likeness (QED) is 0.471. The van der Waals surface area contributed by atoms with Crippen molar-refractivity contribution in [2.75, 3.05) is 5.32 Å². The van der Waals surface area contributed by atoms with Crippen LogP contribution in [0, 0.1) is 5.82 Å². The molecule has 1 amide bonds. The molecule has 0 aliphatic carbocycles. The van der Waals surface area contributed by atoms with Gasteiger partial charge in [-0.05, 0) is 29.7 Å². The maximum absolute atomic E-state index is 13.5. The molecule has 0 atom stereocenters. The number of pyridine rings is 1. The number of hydrogen-bond donors (Lipinski definition) is 1. The summed E-state index contributed by atoms with van der Waals surface area (Å²) in [5.41, 5.74) is 1.98. The first-order valence-electron chi connectivity index (χ1n) is 8.97. The molecule has 3 heterocycles. The summed E-state index contributed by atoms with van der Waals surface area (Å²) in [5.74, 6) is -0.877. The second-order valence-electron chi connectivity index (χ2n) is 6.38. The Morgan fingerprint density at radius 1 is 1.10 bits per heavy atom. The molecule has 30 heavy (non-hydrogen) atoms. The molecule has 0 aliphatic rings. The molecule has 0 saturated carbocycles. The lowest BCUT2D eigenvalue weighted by Gasteiger charge is -2.06. The normalized spacial score (nSPS) is 11.0. The first-order valence-corrected chi connectivity index (χ1v) is 9.85. The molecule has 0 saturated heterocycles. The highest BCUT2D eigenvalue weighted by Crippen LogP contribution is 2.29. The van der Waals surface area contributed by atoms with Crippen molar-refractivity contribution >= 4 is 33.1 Å². The van der Waals surface area contributed by atoms with Crippen LogP contribution in [-0.4, -0.2) is 30.9 Å². The summed E-state index contributed by atoms with van der Waals surface area (Å²) in [5, 5.41) is 14.7. The van der Waals surface area contributed by atoms with E-state index in [0.29, 0.717) is 16.5 Å². The zero-order valence-electron chi connectivity index (χ0n) is 15.4. The Bertz CT molecular complexity index is 1370. The molecule has 1 N–H and O–H groups in total. The Labute approximate surface area is 173 Å². The van der Waals surface area contributed by atoms with Gasteiger partial charge in [-0.1, -0.05) is 35.5 Å². The fourth-order valence-corrected chi connectivity index (χ4v) is 3.80. The van der Waals surface area contributed by atoms with E-state index in [4.69, 9.17) is 0 Å². The zero-order valence-corrected chi connectivity index (χ0v) is 16.2. The predicted molar refractivity (Wildman–Crippen MR) is 112 cm³/mol.